The molecule has 2 aromatic carbocycles. The number of terminal acetylenes is 1. The summed E-state index contributed by atoms with van der Waals surface area (Å²) in [6.45, 7) is 0. The number of halogens is 4. The number of aldehydes is 1. The Hall–Kier alpha value is -3.86. The molecule has 0 aliphatic carbocycles. The van der Waals surface area contributed by atoms with Gasteiger partial charge in [0.25, 0.3) is 0 Å². The van der Waals surface area contributed by atoms with Crippen molar-refractivity contribution in [1.29, 1.82) is 0 Å². The van der Waals surface area contributed by atoms with E-state index in [1.54, 1.807) is 0 Å². The molecule has 0 bridgehead atoms. The van der Waals surface area contributed by atoms with Crippen LogP contribution in [-0.4, -0.2) is 11.3 Å². The lowest BCUT2D eigenvalue weighted by Crippen LogP contribution is -2.08. The Kier molecular flexibility index (Phi) is 5.50. The Morgan fingerprint density at radius 1 is 1.07 bits per heavy atom. The maximum atomic E-state index is 14.7. The van der Waals surface area contributed by atoms with Gasteiger partial charge >= 0.3 is 0 Å². The number of pyridine rings is 1. The third-order valence-electron chi connectivity index (χ3n) is 4.21. The average molecular weight is 399 g/mol. The topological polar surface area (TPSA) is 68.0 Å². The zero-order chi connectivity index (χ0) is 21.1. The summed E-state index contributed by atoms with van der Waals surface area (Å²) in [6, 6.07) is 5.97. The standard InChI is InChI=1S/C21H13F4N3O/c1-2-11-3-4-16(15(22)7-11)28-20-14(10-29)9-13(17(23)19(20)25)8-12-5-6-27-21(26)18(12)24/h1,3-7,9-10,28H,8H2,(H2,26,27). The van der Waals surface area contributed by atoms with Gasteiger partial charge in [0, 0.05) is 23.7 Å². The number of anilines is 3. The molecule has 0 saturated carbocycles. The second-order valence-electron chi connectivity index (χ2n) is 6.06. The molecule has 1 aromatic heterocycles. The summed E-state index contributed by atoms with van der Waals surface area (Å²) < 4.78 is 57.4. The predicted octanol–water partition coefficient (Wildman–Crippen LogP) is 4.35. The van der Waals surface area contributed by atoms with Crippen molar-refractivity contribution in [2.75, 3.05) is 11.1 Å². The highest BCUT2D eigenvalue weighted by atomic mass is 19.2. The first-order chi connectivity index (χ1) is 13.8. The number of hydrogen-bond acceptors (Lipinski definition) is 4. The Balaban J connectivity index is 2.03. The summed E-state index contributed by atoms with van der Waals surface area (Å²) in [5, 5.41) is 2.37. The molecule has 0 aliphatic rings. The molecule has 0 atom stereocenters. The van der Waals surface area contributed by atoms with Crippen molar-refractivity contribution in [3.63, 3.8) is 0 Å². The number of nitrogens with zero attached hydrogens (tertiary/aromatic N) is 1. The summed E-state index contributed by atoms with van der Waals surface area (Å²) in [6.07, 6.45) is 6.31. The van der Waals surface area contributed by atoms with Gasteiger partial charge in [-0.2, -0.15) is 0 Å². The minimum Gasteiger partial charge on any atom is -0.381 e. The normalized spacial score (nSPS) is 10.4. The second kappa shape index (κ2) is 8.02. The number of nitrogen functional groups attached to an aromatic ring is 1. The largest absolute Gasteiger partial charge is 0.381 e. The number of nitrogens with two attached hydrogens (primary N) is 1. The molecule has 0 amide bonds. The van der Waals surface area contributed by atoms with Crippen molar-refractivity contribution < 1.29 is 22.4 Å². The highest BCUT2D eigenvalue weighted by molar-refractivity contribution is 5.87. The molecule has 3 rings (SSSR count). The van der Waals surface area contributed by atoms with Crippen molar-refractivity contribution in [2.45, 2.75) is 6.42 Å². The second-order valence-corrected chi connectivity index (χ2v) is 6.06. The Labute approximate surface area is 163 Å². The first-order valence-electron chi connectivity index (χ1n) is 8.23. The van der Waals surface area contributed by atoms with Crippen LogP contribution in [0.4, 0.5) is 34.8 Å². The van der Waals surface area contributed by atoms with E-state index < -0.39 is 29.0 Å². The highest BCUT2D eigenvalue weighted by Gasteiger charge is 2.21. The quantitative estimate of drug-likeness (QED) is 0.380. The minimum atomic E-state index is -1.41. The molecular formula is C21H13F4N3O. The molecule has 4 nitrogen and oxygen atoms in total. The van der Waals surface area contributed by atoms with Crippen LogP contribution in [0.1, 0.15) is 27.0 Å². The van der Waals surface area contributed by atoms with E-state index in [2.05, 4.69) is 16.2 Å². The van der Waals surface area contributed by atoms with E-state index in [4.69, 9.17) is 12.2 Å². The summed E-state index contributed by atoms with van der Waals surface area (Å²) in [5.74, 6) is -2.54. The van der Waals surface area contributed by atoms with Crippen LogP contribution in [0.5, 0.6) is 0 Å². The minimum absolute atomic E-state index is 0.0238. The Morgan fingerprint density at radius 2 is 1.83 bits per heavy atom. The molecular weight excluding hydrogens is 386 g/mol. The first-order valence-corrected chi connectivity index (χ1v) is 8.23. The van der Waals surface area contributed by atoms with E-state index in [-0.39, 0.29) is 46.5 Å². The maximum absolute atomic E-state index is 14.7. The Bertz CT molecular complexity index is 1160. The fourth-order valence-electron chi connectivity index (χ4n) is 2.73. The molecule has 0 fully saturated rings. The van der Waals surface area contributed by atoms with Crippen LogP contribution in [0, 0.1) is 35.6 Å². The molecule has 0 radical (unpaired) electrons. The van der Waals surface area contributed by atoms with Gasteiger partial charge in [0.05, 0.1) is 11.4 Å². The lowest BCUT2D eigenvalue weighted by atomic mass is 10.0. The number of carbonyl (C=O) groups is 1. The summed E-state index contributed by atoms with van der Waals surface area (Å²) in [7, 11) is 0. The van der Waals surface area contributed by atoms with Gasteiger partial charge in [-0.1, -0.05) is 5.92 Å². The highest BCUT2D eigenvalue weighted by Crippen LogP contribution is 2.30. The molecule has 0 aliphatic heterocycles. The first kappa shape index (κ1) is 19.9. The summed E-state index contributed by atoms with van der Waals surface area (Å²) >= 11 is 0. The number of aromatic nitrogens is 1. The monoisotopic (exact) mass is 399 g/mol. The molecule has 29 heavy (non-hydrogen) atoms. The number of benzene rings is 2. The summed E-state index contributed by atoms with van der Waals surface area (Å²) in [4.78, 5) is 15.0. The van der Waals surface area contributed by atoms with E-state index in [0.29, 0.717) is 0 Å². The van der Waals surface area contributed by atoms with Gasteiger partial charge < -0.3 is 11.1 Å². The van der Waals surface area contributed by atoms with Gasteiger partial charge in [-0.25, -0.2) is 22.5 Å². The van der Waals surface area contributed by atoms with Crippen molar-refractivity contribution in [3.8, 4) is 12.3 Å². The molecule has 3 N–H and O–H groups in total. The fraction of sp³-hybridized carbons (Fsp3) is 0.0476. The van der Waals surface area contributed by atoms with Gasteiger partial charge in [-0.15, -0.1) is 6.42 Å². The van der Waals surface area contributed by atoms with Crippen LogP contribution in [-0.2, 0) is 6.42 Å². The van der Waals surface area contributed by atoms with Crippen LogP contribution in [0.25, 0.3) is 0 Å². The SMILES string of the molecule is C#Cc1ccc(Nc2c(C=O)cc(Cc3ccnc(N)c3F)c(F)c2F)c(F)c1. The maximum Gasteiger partial charge on any atom is 0.183 e. The number of carbonyl (C=O) groups excluding carboxylic acids is 1. The molecule has 1 heterocycles. The van der Waals surface area contributed by atoms with E-state index in [1.807, 2.05) is 0 Å². The van der Waals surface area contributed by atoms with E-state index in [0.717, 1.165) is 12.1 Å². The number of hydrogen-bond donors (Lipinski definition) is 2. The van der Waals surface area contributed by atoms with Gasteiger partial charge in [-0.3, -0.25) is 4.79 Å². The van der Waals surface area contributed by atoms with E-state index in [9.17, 15) is 22.4 Å². The summed E-state index contributed by atoms with van der Waals surface area (Å²) in [5.41, 5.74) is 4.30. The van der Waals surface area contributed by atoms with E-state index in [1.165, 1.54) is 24.4 Å². The van der Waals surface area contributed by atoms with Gasteiger partial charge in [0.2, 0.25) is 0 Å². The lowest BCUT2D eigenvalue weighted by Gasteiger charge is -2.14. The average Bonchev–Trinajstić information content (AvgIpc) is 2.71. The number of nitrogens with one attached hydrogen (secondary N) is 1. The zero-order valence-corrected chi connectivity index (χ0v) is 14.8. The van der Waals surface area contributed by atoms with Gasteiger partial charge in [0.15, 0.2) is 29.6 Å². The van der Waals surface area contributed by atoms with Crippen LogP contribution < -0.4 is 11.1 Å². The van der Waals surface area contributed by atoms with Gasteiger partial charge in [-0.05, 0) is 41.5 Å². The van der Waals surface area contributed by atoms with Crippen LogP contribution in [0.3, 0.4) is 0 Å². The van der Waals surface area contributed by atoms with Crippen molar-refractivity contribution >= 4 is 23.5 Å². The van der Waals surface area contributed by atoms with Crippen LogP contribution in [0.2, 0.25) is 0 Å². The fourth-order valence-corrected chi connectivity index (χ4v) is 2.73. The molecule has 0 unspecified atom stereocenters. The molecule has 0 spiro atoms. The van der Waals surface area contributed by atoms with E-state index >= 15 is 0 Å². The van der Waals surface area contributed by atoms with Crippen molar-refractivity contribution in [3.05, 3.63) is 82.1 Å². The molecule has 0 saturated heterocycles. The number of rotatable bonds is 5. The van der Waals surface area contributed by atoms with Crippen LogP contribution >= 0.6 is 0 Å². The lowest BCUT2D eigenvalue weighted by molar-refractivity contribution is 0.112. The molecule has 3 aromatic rings. The van der Waals surface area contributed by atoms with Crippen molar-refractivity contribution in [1.82, 2.24) is 4.98 Å². The van der Waals surface area contributed by atoms with Gasteiger partial charge in [0.1, 0.15) is 5.82 Å². The predicted molar refractivity (Wildman–Crippen MR) is 101 cm³/mol. The molecule has 146 valence electrons. The smallest absolute Gasteiger partial charge is 0.183 e. The van der Waals surface area contributed by atoms with Crippen LogP contribution in [0.15, 0.2) is 36.5 Å². The van der Waals surface area contributed by atoms with Crippen molar-refractivity contribution in [2.24, 2.45) is 0 Å². The molecule has 8 heteroatoms. The third kappa shape index (κ3) is 3.89. The zero-order valence-electron chi connectivity index (χ0n) is 14.8. The third-order valence-corrected chi connectivity index (χ3v) is 4.21. The Morgan fingerprint density at radius 3 is 2.48 bits per heavy atom.